The summed E-state index contributed by atoms with van der Waals surface area (Å²) in [4.78, 5) is 5.30. The molecule has 8 aromatic carbocycles. The maximum Gasteiger partial charge on any atom is 0.198 e. The predicted molar refractivity (Wildman–Crippen MR) is 311 cm³/mol. The molecule has 2 aliphatic carbocycles. The van der Waals surface area contributed by atoms with Crippen molar-refractivity contribution in [1.29, 1.82) is 0 Å². The van der Waals surface area contributed by atoms with Gasteiger partial charge in [-0.3, -0.25) is 0 Å². The second-order valence-electron chi connectivity index (χ2n) is 24.1. The van der Waals surface area contributed by atoms with Crippen molar-refractivity contribution in [1.82, 2.24) is 9.55 Å². The fraction of sp³-hybridized carbons (Fsp3) is 0.269. The average Bonchev–Trinajstić information content (AvgIpc) is 3.99. The molecule has 0 fully saturated rings. The monoisotopic (exact) mass is 952 g/mol. The maximum absolute atomic E-state index is 5.30. The molecule has 0 saturated heterocycles. The Balaban J connectivity index is 1.09. The van der Waals surface area contributed by atoms with E-state index in [2.05, 4.69) is 233 Å². The Labute approximate surface area is 430 Å². The lowest BCUT2D eigenvalue weighted by molar-refractivity contribution is 0.331. The topological polar surface area (TPSA) is 29.9 Å². The van der Waals surface area contributed by atoms with Crippen LogP contribution in [0.15, 0.2) is 140 Å². The van der Waals surface area contributed by atoms with E-state index in [1.54, 1.807) is 11.3 Å². The zero-order valence-electron chi connectivity index (χ0n) is 43.8. The average molecular weight is 953 g/mol. The number of nitrogens with one attached hydrogen (secondary N) is 1. The molecule has 1 radical (unpaired) electrons. The van der Waals surface area contributed by atoms with Crippen LogP contribution in [0.2, 0.25) is 0 Å². The lowest BCUT2D eigenvalue weighted by Crippen LogP contribution is -2.37. The van der Waals surface area contributed by atoms with E-state index < -0.39 is 0 Å². The lowest BCUT2D eigenvalue weighted by Gasteiger charge is -2.42. The molecule has 2 aromatic heterocycles. The van der Waals surface area contributed by atoms with E-state index in [1.807, 2.05) is 0 Å². The Hall–Kier alpha value is -6.69. The van der Waals surface area contributed by atoms with Crippen LogP contribution in [-0.2, 0) is 28.1 Å². The van der Waals surface area contributed by atoms with E-state index in [4.69, 9.17) is 4.98 Å². The zero-order valence-corrected chi connectivity index (χ0v) is 44.6. The Morgan fingerprint density at radius 1 is 0.639 bits per heavy atom. The first kappa shape index (κ1) is 45.2. The summed E-state index contributed by atoms with van der Waals surface area (Å²) in [5.41, 5.74) is 28.2. The number of benzene rings is 8. The van der Waals surface area contributed by atoms with Gasteiger partial charge in [0.1, 0.15) is 5.01 Å². The van der Waals surface area contributed by atoms with Crippen LogP contribution >= 0.6 is 11.3 Å². The number of anilines is 2. The molecule has 5 heteroatoms. The second kappa shape index (κ2) is 15.7. The third-order valence-corrected chi connectivity index (χ3v) is 18.3. The normalized spacial score (nSPS) is 15.8. The molecule has 3 heterocycles. The van der Waals surface area contributed by atoms with Crippen molar-refractivity contribution in [3.05, 3.63) is 178 Å². The number of aryl methyl sites for hydroxylation is 2. The van der Waals surface area contributed by atoms with Crippen LogP contribution in [0, 0.1) is 6.92 Å². The first-order valence-electron chi connectivity index (χ1n) is 26.2. The minimum atomic E-state index is -0.193. The minimum absolute atomic E-state index is 0.0595. The number of fused-ring (bicyclic) bond motifs is 10. The van der Waals surface area contributed by atoms with E-state index in [-0.39, 0.29) is 21.7 Å². The fourth-order valence-corrected chi connectivity index (χ4v) is 13.8. The van der Waals surface area contributed by atoms with Crippen LogP contribution in [0.3, 0.4) is 0 Å². The van der Waals surface area contributed by atoms with E-state index in [0.29, 0.717) is 0 Å². The molecule has 3 aliphatic rings. The van der Waals surface area contributed by atoms with Crippen molar-refractivity contribution >= 4 is 72.9 Å². The first-order valence-corrected chi connectivity index (χ1v) is 27.0. The van der Waals surface area contributed by atoms with Gasteiger partial charge in [-0.1, -0.05) is 160 Å². The highest BCUT2D eigenvalue weighted by atomic mass is 32.1. The molecule has 10 aromatic rings. The smallest absolute Gasteiger partial charge is 0.198 e. The van der Waals surface area contributed by atoms with Gasteiger partial charge in [0, 0.05) is 49.9 Å². The summed E-state index contributed by atoms with van der Waals surface area (Å²) >= 11 is 1.78. The summed E-state index contributed by atoms with van der Waals surface area (Å²) in [7, 11) is 2.47. The van der Waals surface area contributed by atoms with Gasteiger partial charge >= 0.3 is 0 Å². The molecule has 0 unspecified atom stereocenters. The highest BCUT2D eigenvalue weighted by molar-refractivity contribution is 7.21. The standard InChI is InChI=1S/C67H63BN3S/c1-12-39-18-16-17-21-43(39)46-33-58-50(30-38(46)2)45-27-26-44(61-62(45)71(58)59-37-60-57(36-55(59)68-61)70-63(72-60)40-19-14-13-15-20-40)49-31-47-48-32-53-54(66(8,9)29-28-65(53,6)7)34-51(48)67(10,11)52(47)35-56(49)69-42-24-22-41(23-25-42)64(3,4)5/h13-27,30-37,69H,12,28-29H2,1-11H3. The Bertz CT molecular complexity index is 3910. The molecule has 0 atom stereocenters. The first-order chi connectivity index (χ1) is 34.4. The Kier molecular flexibility index (Phi) is 9.83. The molecule has 0 saturated carbocycles. The van der Waals surface area contributed by atoms with Gasteiger partial charge in [-0.2, -0.15) is 0 Å². The number of hydrogen-bond donors (Lipinski definition) is 1. The molecule has 0 bridgehead atoms. The zero-order chi connectivity index (χ0) is 49.8. The van der Waals surface area contributed by atoms with Crippen molar-refractivity contribution in [2.24, 2.45) is 0 Å². The highest BCUT2D eigenvalue weighted by Gasteiger charge is 2.43. The molecule has 0 amide bonds. The van der Waals surface area contributed by atoms with Crippen LogP contribution in [0.4, 0.5) is 11.4 Å². The highest BCUT2D eigenvalue weighted by Crippen LogP contribution is 2.56. The van der Waals surface area contributed by atoms with Gasteiger partial charge in [-0.15, -0.1) is 11.3 Å². The van der Waals surface area contributed by atoms with Crippen LogP contribution in [0.5, 0.6) is 0 Å². The molecule has 1 N–H and O–H groups in total. The van der Waals surface area contributed by atoms with Crippen LogP contribution < -0.4 is 16.2 Å². The van der Waals surface area contributed by atoms with E-state index in [9.17, 15) is 0 Å². The van der Waals surface area contributed by atoms with Gasteiger partial charge in [-0.25, -0.2) is 4.98 Å². The quantitative estimate of drug-likeness (QED) is 0.168. The molecule has 13 rings (SSSR count). The number of thiazole rings is 1. The maximum atomic E-state index is 5.30. The Morgan fingerprint density at radius 2 is 1.33 bits per heavy atom. The number of nitrogens with zero attached hydrogens (tertiary/aromatic N) is 2. The number of rotatable bonds is 6. The van der Waals surface area contributed by atoms with E-state index in [0.717, 1.165) is 33.9 Å². The van der Waals surface area contributed by atoms with Gasteiger partial charge in [0.05, 0.1) is 15.7 Å². The van der Waals surface area contributed by atoms with Gasteiger partial charge in [0.2, 0.25) is 0 Å². The number of aromatic nitrogens is 2. The van der Waals surface area contributed by atoms with Crippen molar-refractivity contribution in [3.63, 3.8) is 0 Å². The van der Waals surface area contributed by atoms with Gasteiger partial charge in [0.15, 0.2) is 7.28 Å². The molecule has 355 valence electrons. The summed E-state index contributed by atoms with van der Waals surface area (Å²) < 4.78 is 3.79. The van der Waals surface area contributed by atoms with Gasteiger partial charge in [0.25, 0.3) is 0 Å². The molecular formula is C67H63BN3S. The van der Waals surface area contributed by atoms with Crippen molar-refractivity contribution in [3.8, 4) is 49.6 Å². The fourth-order valence-electron chi connectivity index (χ4n) is 12.8. The second-order valence-corrected chi connectivity index (χ2v) is 25.1. The molecular weight excluding hydrogens is 890 g/mol. The largest absolute Gasteiger partial charge is 0.355 e. The third kappa shape index (κ3) is 6.79. The van der Waals surface area contributed by atoms with Crippen LogP contribution in [0.1, 0.15) is 121 Å². The summed E-state index contributed by atoms with van der Waals surface area (Å²) in [6, 6.07) is 53.5. The Morgan fingerprint density at radius 3 is 2.07 bits per heavy atom. The summed E-state index contributed by atoms with van der Waals surface area (Å²) in [6.45, 7) is 26.1. The lowest BCUT2D eigenvalue weighted by atomic mass is 9.59. The van der Waals surface area contributed by atoms with E-state index in [1.165, 1.54) is 128 Å². The van der Waals surface area contributed by atoms with Crippen molar-refractivity contribution < 1.29 is 0 Å². The van der Waals surface area contributed by atoms with E-state index >= 15 is 0 Å². The molecule has 72 heavy (non-hydrogen) atoms. The molecule has 0 spiro atoms. The van der Waals surface area contributed by atoms with Crippen LogP contribution in [0.25, 0.3) is 81.7 Å². The third-order valence-electron chi connectivity index (χ3n) is 17.2. The SMILES string of the molecule is CCc1ccccc1-c1cc2c(cc1C)c1ccc(-c3cc4c(cc3Nc3ccc(C(C)(C)C)cc3)C(C)(C)c3cc5c(cc3-4)C(C)(C)CCC5(C)C)c3c1n2-c1cc2sc(-c4ccccc4)nc2cc1[B]3. The predicted octanol–water partition coefficient (Wildman–Crippen LogP) is 16.9. The van der Waals surface area contributed by atoms with Gasteiger partial charge in [-0.05, 0) is 169 Å². The van der Waals surface area contributed by atoms with Crippen molar-refractivity contribution in [2.45, 2.75) is 117 Å². The van der Waals surface area contributed by atoms with Crippen molar-refractivity contribution in [2.75, 3.05) is 5.32 Å². The van der Waals surface area contributed by atoms with Gasteiger partial charge < -0.3 is 9.88 Å². The summed E-state index contributed by atoms with van der Waals surface area (Å²) in [5.74, 6) is 0. The minimum Gasteiger partial charge on any atom is -0.355 e. The summed E-state index contributed by atoms with van der Waals surface area (Å²) in [5, 5.41) is 7.66. The number of hydrogen-bond acceptors (Lipinski definition) is 3. The molecule has 3 nitrogen and oxygen atoms in total. The van der Waals surface area contributed by atoms with Crippen LogP contribution in [-0.4, -0.2) is 16.8 Å². The summed E-state index contributed by atoms with van der Waals surface area (Å²) in [6.07, 6.45) is 3.36. The molecule has 1 aliphatic heterocycles.